The molecule has 0 saturated carbocycles. The maximum atomic E-state index is 12.1. The highest BCUT2D eigenvalue weighted by atomic mass is 16.5. The lowest BCUT2D eigenvalue weighted by molar-refractivity contribution is 0.0942. The number of ether oxygens (including phenoxy) is 2. The fourth-order valence-corrected chi connectivity index (χ4v) is 1.55. The molecule has 1 atom stereocenters. The molecule has 0 aliphatic rings. The molecule has 0 amide bonds. The van der Waals surface area contributed by atoms with Gasteiger partial charge in [-0.05, 0) is 19.1 Å². The third kappa shape index (κ3) is 3.84. The Bertz CT molecular complexity index is 365. The Balaban J connectivity index is 2.67. The van der Waals surface area contributed by atoms with Crippen molar-refractivity contribution in [1.29, 1.82) is 0 Å². The van der Waals surface area contributed by atoms with E-state index in [4.69, 9.17) is 9.47 Å². The summed E-state index contributed by atoms with van der Waals surface area (Å²) < 4.78 is 10.1. The predicted molar refractivity (Wildman–Crippen MR) is 66.7 cm³/mol. The molecule has 0 aromatic heterocycles. The van der Waals surface area contributed by atoms with Crippen molar-refractivity contribution >= 4 is 5.78 Å². The Morgan fingerprint density at radius 1 is 1.35 bits per heavy atom. The van der Waals surface area contributed by atoms with Gasteiger partial charge < -0.3 is 14.8 Å². The Kier molecular flexibility index (Phi) is 5.66. The second-order valence-corrected chi connectivity index (χ2v) is 3.73. The van der Waals surface area contributed by atoms with E-state index in [1.807, 2.05) is 19.1 Å². The molecular formula is C13H19NO3. The minimum atomic E-state index is -0.249. The smallest absolute Gasteiger partial charge is 0.183 e. The van der Waals surface area contributed by atoms with E-state index in [2.05, 4.69) is 5.32 Å². The number of hydrogen-bond donors (Lipinski definition) is 1. The molecule has 0 spiro atoms. The highest BCUT2D eigenvalue weighted by Crippen LogP contribution is 2.18. The Labute approximate surface area is 102 Å². The van der Waals surface area contributed by atoms with Crippen LogP contribution in [0.15, 0.2) is 24.3 Å². The van der Waals surface area contributed by atoms with E-state index in [0.717, 1.165) is 0 Å². The predicted octanol–water partition coefficient (Wildman–Crippen LogP) is 1.50. The molecule has 4 nitrogen and oxygen atoms in total. The minimum absolute atomic E-state index is 0.0264. The first-order valence-electron chi connectivity index (χ1n) is 5.60. The maximum Gasteiger partial charge on any atom is 0.183 e. The van der Waals surface area contributed by atoms with E-state index in [-0.39, 0.29) is 11.8 Å². The SMILES string of the molecule is COCCNC(C)C(=O)c1ccccc1OC. The van der Waals surface area contributed by atoms with Crippen molar-refractivity contribution in [2.75, 3.05) is 27.4 Å². The number of nitrogens with one attached hydrogen (secondary N) is 1. The largest absolute Gasteiger partial charge is 0.496 e. The van der Waals surface area contributed by atoms with E-state index in [9.17, 15) is 4.79 Å². The fourth-order valence-electron chi connectivity index (χ4n) is 1.55. The summed E-state index contributed by atoms with van der Waals surface area (Å²) in [4.78, 5) is 12.1. The number of ketones is 1. The number of Topliss-reactive ketones (excluding diaryl/α,β-unsaturated/α-hetero) is 1. The molecule has 94 valence electrons. The zero-order chi connectivity index (χ0) is 12.7. The zero-order valence-corrected chi connectivity index (χ0v) is 10.5. The number of rotatable bonds is 7. The molecule has 1 aromatic carbocycles. The number of para-hydroxylation sites is 1. The molecule has 0 bridgehead atoms. The molecule has 1 N–H and O–H groups in total. The van der Waals surface area contributed by atoms with Gasteiger partial charge in [0, 0.05) is 13.7 Å². The summed E-state index contributed by atoms with van der Waals surface area (Å²) in [6, 6.07) is 6.99. The number of hydrogen-bond acceptors (Lipinski definition) is 4. The highest BCUT2D eigenvalue weighted by Gasteiger charge is 2.17. The van der Waals surface area contributed by atoms with Crippen molar-refractivity contribution in [3.05, 3.63) is 29.8 Å². The topological polar surface area (TPSA) is 47.6 Å². The van der Waals surface area contributed by atoms with E-state index in [1.54, 1.807) is 26.4 Å². The van der Waals surface area contributed by atoms with Crippen LogP contribution in [0, 0.1) is 0 Å². The van der Waals surface area contributed by atoms with Crippen LogP contribution in [0.4, 0.5) is 0 Å². The molecule has 1 aromatic rings. The summed E-state index contributed by atoms with van der Waals surface area (Å²) in [5.41, 5.74) is 0.604. The van der Waals surface area contributed by atoms with Crippen LogP contribution < -0.4 is 10.1 Å². The molecule has 0 fully saturated rings. The van der Waals surface area contributed by atoms with Gasteiger partial charge in [0.2, 0.25) is 0 Å². The van der Waals surface area contributed by atoms with Gasteiger partial charge in [-0.15, -0.1) is 0 Å². The van der Waals surface area contributed by atoms with Crippen molar-refractivity contribution in [2.45, 2.75) is 13.0 Å². The molecule has 0 aliphatic heterocycles. The summed E-state index contributed by atoms with van der Waals surface area (Å²) in [5, 5.41) is 3.10. The number of carbonyl (C=O) groups excluding carboxylic acids is 1. The molecule has 1 unspecified atom stereocenters. The maximum absolute atomic E-state index is 12.1. The first kappa shape index (κ1) is 13.7. The summed E-state index contributed by atoms with van der Waals surface area (Å²) in [6.45, 7) is 3.08. The van der Waals surface area contributed by atoms with Crippen LogP contribution in [0.2, 0.25) is 0 Å². The van der Waals surface area contributed by atoms with Gasteiger partial charge >= 0.3 is 0 Å². The van der Waals surface area contributed by atoms with Crippen molar-refractivity contribution in [3.8, 4) is 5.75 Å². The third-order valence-corrected chi connectivity index (χ3v) is 2.52. The van der Waals surface area contributed by atoms with Gasteiger partial charge in [-0.2, -0.15) is 0 Å². The quantitative estimate of drug-likeness (QED) is 0.576. The van der Waals surface area contributed by atoms with Crippen LogP contribution in [0.25, 0.3) is 0 Å². The summed E-state index contributed by atoms with van der Waals surface area (Å²) >= 11 is 0. The summed E-state index contributed by atoms with van der Waals surface area (Å²) in [7, 11) is 3.20. The lowest BCUT2D eigenvalue weighted by Gasteiger charge is -2.14. The molecule has 4 heteroatoms. The van der Waals surface area contributed by atoms with Crippen LogP contribution in [0.1, 0.15) is 17.3 Å². The lowest BCUT2D eigenvalue weighted by Crippen LogP contribution is -2.36. The van der Waals surface area contributed by atoms with Crippen molar-refractivity contribution in [1.82, 2.24) is 5.32 Å². The molecule has 0 heterocycles. The average Bonchev–Trinajstić information content (AvgIpc) is 2.38. The lowest BCUT2D eigenvalue weighted by atomic mass is 10.0. The van der Waals surface area contributed by atoms with Crippen LogP contribution in [0.3, 0.4) is 0 Å². The van der Waals surface area contributed by atoms with Gasteiger partial charge in [0.15, 0.2) is 5.78 Å². The Morgan fingerprint density at radius 3 is 2.71 bits per heavy atom. The number of benzene rings is 1. The van der Waals surface area contributed by atoms with E-state index >= 15 is 0 Å². The van der Waals surface area contributed by atoms with Gasteiger partial charge in [-0.3, -0.25) is 4.79 Å². The standard InChI is InChI=1S/C13H19NO3/c1-10(14-8-9-16-2)13(15)11-6-4-5-7-12(11)17-3/h4-7,10,14H,8-9H2,1-3H3. The number of methoxy groups -OCH3 is 2. The van der Waals surface area contributed by atoms with E-state index in [0.29, 0.717) is 24.5 Å². The van der Waals surface area contributed by atoms with Gasteiger partial charge in [-0.1, -0.05) is 12.1 Å². The van der Waals surface area contributed by atoms with Gasteiger partial charge in [0.05, 0.1) is 25.3 Å². The molecular weight excluding hydrogens is 218 g/mol. The first-order chi connectivity index (χ1) is 8.20. The first-order valence-corrected chi connectivity index (χ1v) is 5.60. The van der Waals surface area contributed by atoms with E-state index < -0.39 is 0 Å². The molecule has 17 heavy (non-hydrogen) atoms. The molecule has 0 radical (unpaired) electrons. The van der Waals surface area contributed by atoms with Crippen LogP contribution in [-0.4, -0.2) is 39.2 Å². The van der Waals surface area contributed by atoms with Gasteiger partial charge in [-0.25, -0.2) is 0 Å². The minimum Gasteiger partial charge on any atom is -0.496 e. The monoisotopic (exact) mass is 237 g/mol. The third-order valence-electron chi connectivity index (χ3n) is 2.52. The zero-order valence-electron chi connectivity index (χ0n) is 10.5. The van der Waals surface area contributed by atoms with Crippen LogP contribution in [-0.2, 0) is 4.74 Å². The molecule has 0 aliphatic carbocycles. The number of carbonyl (C=O) groups is 1. The Morgan fingerprint density at radius 2 is 2.06 bits per heavy atom. The highest BCUT2D eigenvalue weighted by molar-refractivity contribution is 6.02. The summed E-state index contributed by atoms with van der Waals surface area (Å²) in [5.74, 6) is 0.636. The second kappa shape index (κ2) is 7.04. The van der Waals surface area contributed by atoms with Crippen molar-refractivity contribution in [3.63, 3.8) is 0 Å². The van der Waals surface area contributed by atoms with E-state index in [1.165, 1.54) is 0 Å². The average molecular weight is 237 g/mol. The van der Waals surface area contributed by atoms with Crippen LogP contribution >= 0.6 is 0 Å². The second-order valence-electron chi connectivity index (χ2n) is 3.73. The van der Waals surface area contributed by atoms with Crippen LogP contribution in [0.5, 0.6) is 5.75 Å². The fraction of sp³-hybridized carbons (Fsp3) is 0.462. The Hall–Kier alpha value is -1.39. The van der Waals surface area contributed by atoms with Gasteiger partial charge in [0.1, 0.15) is 5.75 Å². The van der Waals surface area contributed by atoms with Gasteiger partial charge in [0.25, 0.3) is 0 Å². The molecule has 1 rings (SSSR count). The van der Waals surface area contributed by atoms with Crippen molar-refractivity contribution in [2.24, 2.45) is 0 Å². The van der Waals surface area contributed by atoms with Crippen molar-refractivity contribution < 1.29 is 14.3 Å². The molecule has 0 saturated heterocycles. The normalized spacial score (nSPS) is 12.2. The summed E-state index contributed by atoms with van der Waals surface area (Å²) in [6.07, 6.45) is 0.